The third-order valence-corrected chi connectivity index (χ3v) is 2.53. The Bertz CT molecular complexity index is 344. The lowest BCUT2D eigenvalue weighted by atomic mass is 9.86. The quantitative estimate of drug-likeness (QED) is 0.780. The van der Waals surface area contributed by atoms with Crippen molar-refractivity contribution in [2.24, 2.45) is 0 Å². The molecule has 0 saturated heterocycles. The van der Waals surface area contributed by atoms with E-state index in [0.29, 0.717) is 6.42 Å². The zero-order chi connectivity index (χ0) is 12.2. The van der Waals surface area contributed by atoms with Crippen LogP contribution in [0.3, 0.4) is 0 Å². The van der Waals surface area contributed by atoms with Gasteiger partial charge in [-0.2, -0.15) is 0 Å². The molecule has 0 saturated carbocycles. The molecule has 0 aliphatic carbocycles. The van der Waals surface area contributed by atoms with Gasteiger partial charge in [0.05, 0.1) is 0 Å². The Morgan fingerprint density at radius 3 is 2.19 bits per heavy atom. The zero-order valence-electron chi connectivity index (χ0n) is 10.5. The van der Waals surface area contributed by atoms with Gasteiger partial charge in [-0.25, -0.2) is 0 Å². The van der Waals surface area contributed by atoms with E-state index in [1.807, 2.05) is 12.1 Å². The summed E-state index contributed by atoms with van der Waals surface area (Å²) in [6.07, 6.45) is 0.457. The van der Waals surface area contributed by atoms with E-state index in [0.717, 1.165) is 5.56 Å². The standard InChI is InChI=1S/C14H20O2/c1-14(2,3)12-7-5-11(6-8-12)9-13(15)10-16-4/h5-8H,9-10H2,1-4H3. The Morgan fingerprint density at radius 2 is 1.75 bits per heavy atom. The highest BCUT2D eigenvalue weighted by molar-refractivity contribution is 5.82. The molecule has 0 heterocycles. The van der Waals surface area contributed by atoms with E-state index in [-0.39, 0.29) is 17.8 Å². The highest BCUT2D eigenvalue weighted by Gasteiger charge is 2.13. The molecule has 0 aromatic heterocycles. The molecule has 0 aliphatic rings. The summed E-state index contributed by atoms with van der Waals surface area (Å²) in [6.45, 7) is 6.73. The van der Waals surface area contributed by atoms with Crippen molar-refractivity contribution in [1.82, 2.24) is 0 Å². The number of benzene rings is 1. The molecule has 1 rings (SSSR count). The molecule has 0 fully saturated rings. The van der Waals surface area contributed by atoms with Gasteiger partial charge >= 0.3 is 0 Å². The molecule has 88 valence electrons. The van der Waals surface area contributed by atoms with Crippen LogP contribution in [0.4, 0.5) is 0 Å². The van der Waals surface area contributed by atoms with E-state index in [4.69, 9.17) is 4.74 Å². The zero-order valence-corrected chi connectivity index (χ0v) is 10.5. The lowest BCUT2D eigenvalue weighted by Gasteiger charge is -2.19. The molecule has 2 heteroatoms. The molecule has 0 atom stereocenters. The van der Waals surface area contributed by atoms with Crippen molar-refractivity contribution in [3.8, 4) is 0 Å². The molecule has 1 aromatic carbocycles. The summed E-state index contributed by atoms with van der Waals surface area (Å²) in [5, 5.41) is 0. The maximum atomic E-state index is 11.4. The molecule has 1 aromatic rings. The molecule has 0 bridgehead atoms. The summed E-state index contributed by atoms with van der Waals surface area (Å²) in [5.74, 6) is 0.117. The van der Waals surface area contributed by atoms with Crippen LogP contribution in [0.1, 0.15) is 31.9 Å². The number of methoxy groups -OCH3 is 1. The fraction of sp³-hybridized carbons (Fsp3) is 0.500. The molecule has 0 radical (unpaired) electrons. The van der Waals surface area contributed by atoms with Crippen LogP contribution < -0.4 is 0 Å². The number of hydrogen-bond acceptors (Lipinski definition) is 2. The minimum Gasteiger partial charge on any atom is -0.377 e. The van der Waals surface area contributed by atoms with E-state index < -0.39 is 0 Å². The van der Waals surface area contributed by atoms with Crippen molar-refractivity contribution < 1.29 is 9.53 Å². The van der Waals surface area contributed by atoms with E-state index in [9.17, 15) is 4.79 Å². The third kappa shape index (κ3) is 3.78. The van der Waals surface area contributed by atoms with Crippen molar-refractivity contribution in [2.75, 3.05) is 13.7 Å². The number of Topliss-reactive ketones (excluding diaryl/α,β-unsaturated/α-hetero) is 1. The van der Waals surface area contributed by atoms with Crippen molar-refractivity contribution in [3.05, 3.63) is 35.4 Å². The summed E-state index contributed by atoms with van der Waals surface area (Å²) in [4.78, 5) is 11.4. The molecule has 16 heavy (non-hydrogen) atoms. The topological polar surface area (TPSA) is 26.3 Å². The van der Waals surface area contributed by atoms with Crippen molar-refractivity contribution in [3.63, 3.8) is 0 Å². The largest absolute Gasteiger partial charge is 0.377 e. The lowest BCUT2D eigenvalue weighted by Crippen LogP contribution is -2.12. The van der Waals surface area contributed by atoms with Crippen LogP contribution in [0.25, 0.3) is 0 Å². The average Bonchev–Trinajstić information content (AvgIpc) is 2.17. The summed E-state index contributed by atoms with van der Waals surface area (Å²) in [7, 11) is 1.54. The SMILES string of the molecule is COCC(=O)Cc1ccc(C(C)(C)C)cc1. The Kier molecular flexibility index (Phi) is 4.25. The first-order valence-corrected chi connectivity index (χ1v) is 5.53. The average molecular weight is 220 g/mol. The van der Waals surface area contributed by atoms with E-state index in [2.05, 4.69) is 32.9 Å². The number of carbonyl (C=O) groups excluding carboxylic acids is 1. The van der Waals surface area contributed by atoms with Crippen LogP contribution in [0, 0.1) is 0 Å². The van der Waals surface area contributed by atoms with Crippen molar-refractivity contribution in [1.29, 1.82) is 0 Å². The minimum atomic E-state index is 0.117. The molecular formula is C14H20O2. The maximum Gasteiger partial charge on any atom is 0.162 e. The van der Waals surface area contributed by atoms with E-state index in [1.165, 1.54) is 5.56 Å². The number of hydrogen-bond donors (Lipinski definition) is 0. The van der Waals surface area contributed by atoms with Gasteiger partial charge in [-0.15, -0.1) is 0 Å². The van der Waals surface area contributed by atoms with Gasteiger partial charge in [0.2, 0.25) is 0 Å². The Morgan fingerprint density at radius 1 is 1.19 bits per heavy atom. The summed E-state index contributed by atoms with van der Waals surface area (Å²) >= 11 is 0. The normalized spacial score (nSPS) is 11.5. The fourth-order valence-corrected chi connectivity index (χ4v) is 1.56. The smallest absolute Gasteiger partial charge is 0.162 e. The second-order valence-electron chi connectivity index (χ2n) is 5.10. The highest BCUT2D eigenvalue weighted by atomic mass is 16.5. The summed E-state index contributed by atoms with van der Waals surface area (Å²) in [6, 6.07) is 8.23. The van der Waals surface area contributed by atoms with E-state index in [1.54, 1.807) is 7.11 Å². The van der Waals surface area contributed by atoms with E-state index >= 15 is 0 Å². The van der Waals surface area contributed by atoms with Crippen LogP contribution >= 0.6 is 0 Å². The van der Waals surface area contributed by atoms with Gasteiger partial charge in [-0.1, -0.05) is 45.0 Å². The van der Waals surface area contributed by atoms with Gasteiger partial charge < -0.3 is 4.74 Å². The number of ether oxygens (including phenoxy) is 1. The summed E-state index contributed by atoms with van der Waals surface area (Å²) < 4.78 is 4.80. The van der Waals surface area contributed by atoms with Crippen LogP contribution in [0.5, 0.6) is 0 Å². The monoisotopic (exact) mass is 220 g/mol. The van der Waals surface area contributed by atoms with Crippen molar-refractivity contribution >= 4 is 5.78 Å². The fourth-order valence-electron chi connectivity index (χ4n) is 1.56. The van der Waals surface area contributed by atoms with Crippen LogP contribution in [-0.2, 0) is 21.4 Å². The van der Waals surface area contributed by atoms with Gasteiger partial charge in [0.15, 0.2) is 5.78 Å². The first kappa shape index (κ1) is 12.9. The first-order chi connectivity index (χ1) is 7.43. The van der Waals surface area contributed by atoms with Gasteiger partial charge in [-0.3, -0.25) is 4.79 Å². The number of rotatable bonds is 4. The van der Waals surface area contributed by atoms with Crippen LogP contribution in [-0.4, -0.2) is 19.5 Å². The van der Waals surface area contributed by atoms with Crippen LogP contribution in [0.15, 0.2) is 24.3 Å². The number of ketones is 1. The molecular weight excluding hydrogens is 200 g/mol. The maximum absolute atomic E-state index is 11.4. The third-order valence-electron chi connectivity index (χ3n) is 2.53. The second-order valence-corrected chi connectivity index (χ2v) is 5.10. The second kappa shape index (κ2) is 5.26. The number of carbonyl (C=O) groups is 1. The molecule has 2 nitrogen and oxygen atoms in total. The molecule has 0 spiro atoms. The van der Waals surface area contributed by atoms with Gasteiger partial charge in [0.25, 0.3) is 0 Å². The Hall–Kier alpha value is -1.15. The predicted octanol–water partition coefficient (Wildman–Crippen LogP) is 2.74. The Balaban J connectivity index is 2.69. The molecule has 0 N–H and O–H groups in total. The molecule has 0 aliphatic heterocycles. The predicted molar refractivity (Wildman–Crippen MR) is 65.7 cm³/mol. The molecule has 0 amide bonds. The van der Waals surface area contributed by atoms with Gasteiger partial charge in [0, 0.05) is 13.5 Å². The van der Waals surface area contributed by atoms with Crippen LogP contribution in [0.2, 0.25) is 0 Å². The highest BCUT2D eigenvalue weighted by Crippen LogP contribution is 2.22. The minimum absolute atomic E-state index is 0.117. The lowest BCUT2D eigenvalue weighted by molar-refractivity contribution is -0.121. The first-order valence-electron chi connectivity index (χ1n) is 5.53. The van der Waals surface area contributed by atoms with Gasteiger partial charge in [0.1, 0.15) is 6.61 Å². The molecule has 0 unspecified atom stereocenters. The van der Waals surface area contributed by atoms with Gasteiger partial charge in [-0.05, 0) is 16.5 Å². The summed E-state index contributed by atoms with van der Waals surface area (Å²) in [5.41, 5.74) is 2.50. The van der Waals surface area contributed by atoms with Crippen molar-refractivity contribution in [2.45, 2.75) is 32.6 Å². The Labute approximate surface area is 97.6 Å².